The van der Waals surface area contributed by atoms with E-state index in [1.54, 1.807) is 36.4 Å². The summed E-state index contributed by atoms with van der Waals surface area (Å²) >= 11 is 0. The lowest BCUT2D eigenvalue weighted by molar-refractivity contribution is -0.123. The van der Waals surface area contributed by atoms with E-state index in [9.17, 15) is 9.59 Å². The van der Waals surface area contributed by atoms with Gasteiger partial charge in [-0.05, 0) is 37.6 Å². The molecule has 2 aromatic carbocycles. The highest BCUT2D eigenvalue weighted by Crippen LogP contribution is 2.15. The molecule has 0 radical (unpaired) electrons. The van der Waals surface area contributed by atoms with Crippen molar-refractivity contribution in [1.82, 2.24) is 5.32 Å². The summed E-state index contributed by atoms with van der Waals surface area (Å²) in [6, 6.07) is 16.1. The van der Waals surface area contributed by atoms with Crippen LogP contribution in [0.5, 0.6) is 5.75 Å². The van der Waals surface area contributed by atoms with Crippen molar-refractivity contribution in [3.8, 4) is 5.75 Å². The highest BCUT2D eigenvalue weighted by Gasteiger charge is 2.10. The van der Waals surface area contributed by atoms with Crippen LogP contribution in [-0.4, -0.2) is 24.3 Å². The fourth-order valence-corrected chi connectivity index (χ4v) is 2.43. The van der Waals surface area contributed by atoms with Gasteiger partial charge in [0.15, 0.2) is 12.4 Å². The maximum atomic E-state index is 12.3. The van der Waals surface area contributed by atoms with Crippen LogP contribution in [0.25, 0.3) is 0 Å². The molecular weight excluding hydrogens is 302 g/mol. The van der Waals surface area contributed by atoms with Crippen molar-refractivity contribution < 1.29 is 14.3 Å². The molecule has 0 bridgehead atoms. The zero-order valence-corrected chi connectivity index (χ0v) is 14.1. The molecule has 1 N–H and O–H groups in total. The Morgan fingerprint density at radius 3 is 2.25 bits per heavy atom. The van der Waals surface area contributed by atoms with Gasteiger partial charge in [-0.15, -0.1) is 0 Å². The van der Waals surface area contributed by atoms with Crippen molar-refractivity contribution in [2.75, 3.05) is 6.61 Å². The van der Waals surface area contributed by atoms with Crippen molar-refractivity contribution in [2.24, 2.45) is 0 Å². The van der Waals surface area contributed by atoms with Crippen LogP contribution in [0.1, 0.15) is 42.6 Å². The van der Waals surface area contributed by atoms with Crippen LogP contribution in [0.15, 0.2) is 54.6 Å². The summed E-state index contributed by atoms with van der Waals surface area (Å²) in [5, 5.41) is 2.88. The first kappa shape index (κ1) is 17.7. The van der Waals surface area contributed by atoms with E-state index < -0.39 is 0 Å². The first-order valence-corrected chi connectivity index (χ1v) is 8.22. The van der Waals surface area contributed by atoms with E-state index in [0.717, 1.165) is 12.8 Å². The summed E-state index contributed by atoms with van der Waals surface area (Å²) in [7, 11) is 0. The van der Waals surface area contributed by atoms with Crippen LogP contribution in [0.4, 0.5) is 0 Å². The van der Waals surface area contributed by atoms with Crippen LogP contribution in [0.2, 0.25) is 0 Å². The zero-order chi connectivity index (χ0) is 17.4. The molecule has 0 spiro atoms. The van der Waals surface area contributed by atoms with Gasteiger partial charge in [-0.3, -0.25) is 9.59 Å². The number of amides is 1. The van der Waals surface area contributed by atoms with Crippen molar-refractivity contribution in [3.63, 3.8) is 0 Å². The van der Waals surface area contributed by atoms with E-state index in [0.29, 0.717) is 16.9 Å². The van der Waals surface area contributed by atoms with Gasteiger partial charge in [0.25, 0.3) is 5.91 Å². The maximum absolute atomic E-state index is 12.3. The molecule has 2 aromatic rings. The SMILES string of the molecule is CCC[C@H](C)NC(=O)COc1ccc(C(=O)c2ccccc2)cc1. The molecule has 2 rings (SSSR count). The molecule has 0 saturated heterocycles. The maximum Gasteiger partial charge on any atom is 0.258 e. The van der Waals surface area contributed by atoms with Crippen LogP contribution in [-0.2, 0) is 4.79 Å². The average Bonchev–Trinajstić information content (AvgIpc) is 2.61. The number of hydrogen-bond acceptors (Lipinski definition) is 3. The molecular formula is C20H23NO3. The smallest absolute Gasteiger partial charge is 0.258 e. The third-order valence-corrected chi connectivity index (χ3v) is 3.65. The molecule has 0 fully saturated rings. The van der Waals surface area contributed by atoms with Crippen LogP contribution in [0.3, 0.4) is 0 Å². The lowest BCUT2D eigenvalue weighted by Crippen LogP contribution is -2.35. The normalized spacial score (nSPS) is 11.6. The molecule has 0 aliphatic carbocycles. The van der Waals surface area contributed by atoms with Crippen molar-refractivity contribution in [2.45, 2.75) is 32.7 Å². The van der Waals surface area contributed by atoms with Crippen LogP contribution in [0, 0.1) is 0 Å². The molecule has 0 aliphatic rings. The fourth-order valence-electron chi connectivity index (χ4n) is 2.43. The number of nitrogens with one attached hydrogen (secondary N) is 1. The molecule has 0 heterocycles. The summed E-state index contributed by atoms with van der Waals surface area (Å²) in [5.41, 5.74) is 1.24. The monoisotopic (exact) mass is 325 g/mol. The van der Waals surface area contributed by atoms with Gasteiger partial charge in [0.05, 0.1) is 0 Å². The van der Waals surface area contributed by atoms with E-state index >= 15 is 0 Å². The molecule has 4 heteroatoms. The summed E-state index contributed by atoms with van der Waals surface area (Å²) in [4.78, 5) is 24.1. The zero-order valence-electron chi connectivity index (χ0n) is 14.1. The Bertz CT molecular complexity index is 665. The van der Waals surface area contributed by atoms with Crippen molar-refractivity contribution in [1.29, 1.82) is 0 Å². The molecule has 1 atom stereocenters. The standard InChI is InChI=1S/C20H23NO3/c1-3-7-15(2)21-19(22)14-24-18-12-10-17(11-13-18)20(23)16-8-5-4-6-9-16/h4-6,8-13,15H,3,7,14H2,1-2H3,(H,21,22)/t15-/m0/s1. The van der Waals surface area contributed by atoms with Crippen LogP contribution >= 0.6 is 0 Å². The summed E-state index contributed by atoms with van der Waals surface area (Å²) < 4.78 is 5.46. The Kier molecular flexibility index (Phi) is 6.55. The minimum atomic E-state index is -0.139. The first-order valence-electron chi connectivity index (χ1n) is 8.22. The number of hydrogen-bond donors (Lipinski definition) is 1. The quantitative estimate of drug-likeness (QED) is 0.755. The lowest BCUT2D eigenvalue weighted by atomic mass is 10.0. The van der Waals surface area contributed by atoms with E-state index in [2.05, 4.69) is 12.2 Å². The van der Waals surface area contributed by atoms with Gasteiger partial charge < -0.3 is 10.1 Å². The Hall–Kier alpha value is -2.62. The van der Waals surface area contributed by atoms with E-state index in [1.165, 1.54) is 0 Å². The van der Waals surface area contributed by atoms with Gasteiger partial charge in [0.1, 0.15) is 5.75 Å². The van der Waals surface area contributed by atoms with Gasteiger partial charge >= 0.3 is 0 Å². The number of ether oxygens (including phenoxy) is 1. The van der Waals surface area contributed by atoms with Gasteiger partial charge in [-0.2, -0.15) is 0 Å². The van der Waals surface area contributed by atoms with Gasteiger partial charge in [-0.1, -0.05) is 43.7 Å². The molecule has 0 aromatic heterocycles. The lowest BCUT2D eigenvalue weighted by Gasteiger charge is -2.13. The third kappa shape index (κ3) is 5.23. The predicted octanol–water partition coefficient (Wildman–Crippen LogP) is 3.60. The molecule has 1 amide bonds. The van der Waals surface area contributed by atoms with Crippen molar-refractivity contribution >= 4 is 11.7 Å². The Morgan fingerprint density at radius 1 is 1.00 bits per heavy atom. The van der Waals surface area contributed by atoms with Gasteiger partial charge in [-0.25, -0.2) is 0 Å². The molecule has 0 unspecified atom stereocenters. The van der Waals surface area contributed by atoms with E-state index in [4.69, 9.17) is 4.74 Å². The number of benzene rings is 2. The Balaban J connectivity index is 1.88. The second kappa shape index (κ2) is 8.87. The Labute approximate surface area is 142 Å². The second-order valence-electron chi connectivity index (χ2n) is 5.77. The number of carbonyl (C=O) groups is 2. The van der Waals surface area contributed by atoms with Gasteiger partial charge in [0, 0.05) is 17.2 Å². The molecule has 24 heavy (non-hydrogen) atoms. The number of ketones is 1. The fraction of sp³-hybridized carbons (Fsp3) is 0.300. The van der Waals surface area contributed by atoms with E-state index in [1.807, 2.05) is 25.1 Å². The van der Waals surface area contributed by atoms with E-state index in [-0.39, 0.29) is 24.3 Å². The topological polar surface area (TPSA) is 55.4 Å². The third-order valence-electron chi connectivity index (χ3n) is 3.65. The second-order valence-corrected chi connectivity index (χ2v) is 5.77. The van der Waals surface area contributed by atoms with Crippen LogP contribution < -0.4 is 10.1 Å². The van der Waals surface area contributed by atoms with Gasteiger partial charge in [0.2, 0.25) is 0 Å². The highest BCUT2D eigenvalue weighted by atomic mass is 16.5. The average molecular weight is 325 g/mol. The predicted molar refractivity (Wildman–Crippen MR) is 94.3 cm³/mol. The summed E-state index contributed by atoms with van der Waals surface area (Å²) in [6.07, 6.45) is 1.97. The van der Waals surface area contributed by atoms with Crippen molar-refractivity contribution in [3.05, 3.63) is 65.7 Å². The highest BCUT2D eigenvalue weighted by molar-refractivity contribution is 6.08. The minimum Gasteiger partial charge on any atom is -0.484 e. The minimum absolute atomic E-state index is 0.0277. The molecule has 0 aliphatic heterocycles. The Morgan fingerprint density at radius 2 is 1.62 bits per heavy atom. The molecule has 126 valence electrons. The largest absolute Gasteiger partial charge is 0.484 e. The number of rotatable bonds is 8. The molecule has 0 saturated carbocycles. The molecule has 4 nitrogen and oxygen atoms in total. The summed E-state index contributed by atoms with van der Waals surface area (Å²) in [6.45, 7) is 4.03. The summed E-state index contributed by atoms with van der Waals surface area (Å²) in [5.74, 6) is 0.395. The first-order chi connectivity index (χ1) is 11.6. The number of carbonyl (C=O) groups excluding carboxylic acids is 2.